The van der Waals surface area contributed by atoms with Crippen molar-refractivity contribution in [3.05, 3.63) is 18.2 Å². The molecule has 0 unspecified atom stereocenters. The van der Waals surface area contributed by atoms with Crippen LogP contribution in [0.4, 0.5) is 5.69 Å². The Hall–Kier alpha value is -1.30. The molecule has 0 radical (unpaired) electrons. The highest BCUT2D eigenvalue weighted by atomic mass is 127. The van der Waals surface area contributed by atoms with E-state index in [1.807, 2.05) is 25.1 Å². The summed E-state index contributed by atoms with van der Waals surface area (Å²) >= 11 is 0. The Bertz CT molecular complexity index is 604. The molecule has 9 heteroatoms. The molecule has 0 bridgehead atoms. The van der Waals surface area contributed by atoms with Gasteiger partial charge in [-0.2, -0.15) is 0 Å². The number of guanidine groups is 1. The molecule has 0 aromatic heterocycles. The van der Waals surface area contributed by atoms with Gasteiger partial charge in [0, 0.05) is 58.2 Å². The normalized spacial score (nSPS) is 13.3. The molecule has 1 aromatic carbocycles. The van der Waals surface area contributed by atoms with E-state index in [2.05, 4.69) is 15.6 Å². The maximum absolute atomic E-state index is 5.77. The van der Waals surface area contributed by atoms with Crippen molar-refractivity contribution < 1.29 is 23.7 Å². The largest absolute Gasteiger partial charge is 0.490 e. The summed E-state index contributed by atoms with van der Waals surface area (Å²) in [5.41, 5.74) is 0.904. The molecular formula is C21H36IN3O5. The van der Waals surface area contributed by atoms with Gasteiger partial charge >= 0.3 is 0 Å². The molecule has 0 spiro atoms. The zero-order valence-corrected chi connectivity index (χ0v) is 20.4. The number of anilines is 1. The van der Waals surface area contributed by atoms with E-state index in [-0.39, 0.29) is 24.0 Å². The van der Waals surface area contributed by atoms with Gasteiger partial charge in [0.1, 0.15) is 0 Å². The van der Waals surface area contributed by atoms with Gasteiger partial charge in [0.05, 0.1) is 26.4 Å². The Balaban J connectivity index is 0.00000450. The van der Waals surface area contributed by atoms with Crippen molar-refractivity contribution in [2.45, 2.75) is 26.2 Å². The second-order valence-corrected chi connectivity index (χ2v) is 6.50. The fourth-order valence-corrected chi connectivity index (χ4v) is 2.64. The van der Waals surface area contributed by atoms with Crippen LogP contribution in [0.25, 0.3) is 0 Å². The summed E-state index contributed by atoms with van der Waals surface area (Å²) in [6.45, 7) is 8.14. The first-order valence-electron chi connectivity index (χ1n) is 10.4. The minimum atomic E-state index is 0. The van der Waals surface area contributed by atoms with Crippen LogP contribution in [-0.4, -0.2) is 72.4 Å². The minimum Gasteiger partial charge on any atom is -0.490 e. The standard InChI is InChI=1S/C21H35N3O5.HI/c1-3-26-11-4-9-22-21(23-10-5-12-27-16-15-25-2)24-18-7-8-19-20(17-18)29-14-6-13-28-19;/h7-8,17H,3-6,9-16H2,1-2H3,(H2,22,23,24);1H. The molecular weight excluding hydrogens is 501 g/mol. The summed E-state index contributed by atoms with van der Waals surface area (Å²) in [4.78, 5) is 4.66. The van der Waals surface area contributed by atoms with Gasteiger partial charge in [-0.15, -0.1) is 24.0 Å². The summed E-state index contributed by atoms with van der Waals surface area (Å²) in [5, 5.41) is 6.71. The third-order valence-corrected chi connectivity index (χ3v) is 4.12. The molecule has 0 fully saturated rings. The molecule has 0 saturated heterocycles. The Morgan fingerprint density at radius 3 is 2.63 bits per heavy atom. The van der Waals surface area contributed by atoms with E-state index in [1.54, 1.807) is 7.11 Å². The van der Waals surface area contributed by atoms with Crippen molar-refractivity contribution in [1.29, 1.82) is 0 Å². The summed E-state index contributed by atoms with van der Waals surface area (Å²) < 4.78 is 27.3. The van der Waals surface area contributed by atoms with Crippen molar-refractivity contribution in [2.24, 2.45) is 4.99 Å². The molecule has 0 saturated carbocycles. The molecule has 172 valence electrons. The first-order valence-corrected chi connectivity index (χ1v) is 10.4. The van der Waals surface area contributed by atoms with E-state index in [1.165, 1.54) is 0 Å². The summed E-state index contributed by atoms with van der Waals surface area (Å²) in [6, 6.07) is 5.85. The number of rotatable bonds is 13. The molecule has 2 N–H and O–H groups in total. The van der Waals surface area contributed by atoms with Crippen LogP contribution in [0.2, 0.25) is 0 Å². The fraction of sp³-hybridized carbons (Fsp3) is 0.667. The van der Waals surface area contributed by atoms with E-state index in [9.17, 15) is 0 Å². The molecule has 0 aliphatic carbocycles. The first kappa shape index (κ1) is 26.7. The lowest BCUT2D eigenvalue weighted by Crippen LogP contribution is -2.32. The number of methoxy groups -OCH3 is 1. The van der Waals surface area contributed by atoms with Crippen molar-refractivity contribution in [3.8, 4) is 11.5 Å². The predicted molar refractivity (Wildman–Crippen MR) is 130 cm³/mol. The van der Waals surface area contributed by atoms with Crippen LogP contribution in [0.3, 0.4) is 0 Å². The number of benzene rings is 1. The smallest absolute Gasteiger partial charge is 0.195 e. The number of fused-ring (bicyclic) bond motifs is 1. The highest BCUT2D eigenvalue weighted by molar-refractivity contribution is 14.0. The Labute approximate surface area is 197 Å². The van der Waals surface area contributed by atoms with E-state index < -0.39 is 0 Å². The van der Waals surface area contributed by atoms with Gasteiger partial charge in [-0.25, -0.2) is 0 Å². The van der Waals surface area contributed by atoms with Crippen LogP contribution < -0.4 is 20.1 Å². The van der Waals surface area contributed by atoms with E-state index >= 15 is 0 Å². The van der Waals surface area contributed by atoms with Gasteiger partial charge in [-0.05, 0) is 31.9 Å². The van der Waals surface area contributed by atoms with Crippen molar-refractivity contribution in [2.75, 3.05) is 71.8 Å². The molecule has 1 heterocycles. The molecule has 1 aromatic rings. The lowest BCUT2D eigenvalue weighted by Gasteiger charge is -2.14. The number of aliphatic imine (C=N–C) groups is 1. The molecule has 2 rings (SSSR count). The van der Waals surface area contributed by atoms with Crippen LogP contribution >= 0.6 is 24.0 Å². The quantitative estimate of drug-likeness (QED) is 0.173. The van der Waals surface area contributed by atoms with Gasteiger partial charge < -0.3 is 34.3 Å². The fourth-order valence-electron chi connectivity index (χ4n) is 2.64. The van der Waals surface area contributed by atoms with E-state index in [4.69, 9.17) is 23.7 Å². The van der Waals surface area contributed by atoms with Crippen molar-refractivity contribution in [3.63, 3.8) is 0 Å². The third kappa shape index (κ3) is 11.2. The molecule has 1 aliphatic heterocycles. The number of hydrogen-bond acceptors (Lipinski definition) is 6. The Morgan fingerprint density at radius 2 is 1.83 bits per heavy atom. The second-order valence-electron chi connectivity index (χ2n) is 6.50. The SMILES string of the molecule is CCOCCCNC(=NCCCOCCOC)Nc1ccc2c(c1)OCCCO2.I. The zero-order valence-electron chi connectivity index (χ0n) is 18.1. The lowest BCUT2D eigenvalue weighted by molar-refractivity contribution is 0.0702. The van der Waals surface area contributed by atoms with Crippen LogP contribution in [0.1, 0.15) is 26.2 Å². The van der Waals surface area contributed by atoms with E-state index in [0.717, 1.165) is 62.2 Å². The second kappa shape index (κ2) is 17.4. The Kier molecular flexibility index (Phi) is 15.5. The lowest BCUT2D eigenvalue weighted by atomic mass is 10.2. The monoisotopic (exact) mass is 537 g/mol. The number of nitrogens with one attached hydrogen (secondary N) is 2. The van der Waals surface area contributed by atoms with E-state index in [0.29, 0.717) is 39.6 Å². The van der Waals surface area contributed by atoms with Gasteiger partial charge in [0.15, 0.2) is 17.5 Å². The maximum Gasteiger partial charge on any atom is 0.195 e. The topological polar surface area (TPSA) is 82.6 Å². The van der Waals surface area contributed by atoms with Gasteiger partial charge in [-0.3, -0.25) is 4.99 Å². The van der Waals surface area contributed by atoms with Crippen LogP contribution in [0.5, 0.6) is 11.5 Å². The van der Waals surface area contributed by atoms with Crippen LogP contribution in [0, 0.1) is 0 Å². The summed E-state index contributed by atoms with van der Waals surface area (Å²) in [5.74, 6) is 2.27. The highest BCUT2D eigenvalue weighted by Gasteiger charge is 2.11. The first-order chi connectivity index (χ1) is 14.3. The van der Waals surface area contributed by atoms with Gasteiger partial charge in [0.2, 0.25) is 0 Å². The number of ether oxygens (including phenoxy) is 5. The number of halogens is 1. The van der Waals surface area contributed by atoms with Gasteiger partial charge in [0.25, 0.3) is 0 Å². The average molecular weight is 537 g/mol. The average Bonchev–Trinajstić information content (AvgIpc) is 2.97. The highest BCUT2D eigenvalue weighted by Crippen LogP contribution is 2.32. The molecule has 30 heavy (non-hydrogen) atoms. The number of hydrogen-bond donors (Lipinski definition) is 2. The molecule has 1 aliphatic rings. The molecule has 0 amide bonds. The molecule has 8 nitrogen and oxygen atoms in total. The number of nitrogens with zero attached hydrogens (tertiary/aromatic N) is 1. The summed E-state index contributed by atoms with van der Waals surface area (Å²) in [6.07, 6.45) is 2.64. The Morgan fingerprint density at radius 1 is 1.03 bits per heavy atom. The van der Waals surface area contributed by atoms with Crippen molar-refractivity contribution in [1.82, 2.24) is 5.32 Å². The summed E-state index contributed by atoms with van der Waals surface area (Å²) in [7, 11) is 1.67. The predicted octanol–water partition coefficient (Wildman–Crippen LogP) is 3.30. The zero-order chi connectivity index (χ0) is 20.6. The van der Waals surface area contributed by atoms with Crippen LogP contribution in [-0.2, 0) is 14.2 Å². The third-order valence-electron chi connectivity index (χ3n) is 4.12. The van der Waals surface area contributed by atoms with Crippen LogP contribution in [0.15, 0.2) is 23.2 Å². The maximum atomic E-state index is 5.77. The molecule has 0 atom stereocenters. The minimum absolute atomic E-state index is 0. The van der Waals surface area contributed by atoms with Gasteiger partial charge in [-0.1, -0.05) is 0 Å². The van der Waals surface area contributed by atoms with Crippen molar-refractivity contribution >= 4 is 35.6 Å².